The largest absolute Gasteiger partial charge is 0.464 e. The number of rotatable bonds is 6. The molecule has 160 valence electrons. The molecule has 1 aliphatic rings. The maximum absolute atomic E-state index is 11.9. The molecule has 2 atom stereocenters. The molecular weight excluding hydrogens is 412 g/mol. The number of hydrogen-bond acceptors (Lipinski definition) is 5. The van der Waals surface area contributed by atoms with Crippen molar-refractivity contribution in [3.05, 3.63) is 77.5 Å². The van der Waals surface area contributed by atoms with Gasteiger partial charge in [0.05, 0.1) is 11.7 Å². The highest BCUT2D eigenvalue weighted by molar-refractivity contribution is 7.80. The Hall–Kier alpha value is -3.23. The molecule has 3 heterocycles. The number of thiocarbonyl (C=S) groups is 1. The molecule has 0 bridgehead atoms. The first-order valence-electron chi connectivity index (χ1n) is 9.94. The average Bonchev–Trinajstić information content (AvgIpc) is 3.33. The second-order valence-corrected chi connectivity index (χ2v) is 7.81. The molecule has 1 fully saturated rings. The number of nitrogens with one attached hydrogen (secondary N) is 2. The maximum atomic E-state index is 11.9. The molecule has 7 nitrogen and oxygen atoms in total. The zero-order valence-electron chi connectivity index (χ0n) is 17.6. The number of aryl methyl sites for hydroxylation is 2. The number of furan rings is 1. The van der Waals surface area contributed by atoms with E-state index in [1.165, 1.54) is 7.11 Å². The summed E-state index contributed by atoms with van der Waals surface area (Å²) in [7, 11) is 1.49. The summed E-state index contributed by atoms with van der Waals surface area (Å²) in [5.74, 6) is 1.44. The molecule has 2 N–H and O–H groups in total. The standard InChI is InChI=1S/C23H24N4O3S/c1-14-12-16(8-9-17(14)25-20(28)13-29-3)27-22(19-10-7-15(2)30-19)21(26-23(27)31)18-6-4-5-11-24-18/h4-12,21-22H,13H2,1-3H3,(H,25,28)(H,26,31)/t21-,22-/m0/s1. The van der Waals surface area contributed by atoms with E-state index in [-0.39, 0.29) is 24.6 Å². The van der Waals surface area contributed by atoms with Crippen LogP contribution in [0.3, 0.4) is 0 Å². The van der Waals surface area contributed by atoms with Gasteiger partial charge in [-0.3, -0.25) is 9.78 Å². The summed E-state index contributed by atoms with van der Waals surface area (Å²) in [4.78, 5) is 18.5. The summed E-state index contributed by atoms with van der Waals surface area (Å²) in [6.45, 7) is 3.87. The number of carbonyl (C=O) groups is 1. The normalized spacial score (nSPS) is 18.2. The van der Waals surface area contributed by atoms with Crippen LogP contribution in [0.1, 0.15) is 34.9 Å². The van der Waals surface area contributed by atoms with Crippen molar-refractivity contribution in [2.45, 2.75) is 25.9 Å². The zero-order chi connectivity index (χ0) is 22.0. The number of ether oxygens (including phenoxy) is 1. The maximum Gasteiger partial charge on any atom is 0.250 e. The molecule has 3 aromatic rings. The van der Waals surface area contributed by atoms with Crippen LogP contribution in [-0.2, 0) is 9.53 Å². The van der Waals surface area contributed by atoms with Crippen LogP contribution >= 0.6 is 12.2 Å². The molecule has 4 rings (SSSR count). The van der Waals surface area contributed by atoms with Gasteiger partial charge in [-0.05, 0) is 74.1 Å². The molecule has 0 unspecified atom stereocenters. The number of aromatic nitrogens is 1. The minimum absolute atomic E-state index is 0.00694. The van der Waals surface area contributed by atoms with E-state index in [1.807, 2.05) is 67.3 Å². The lowest BCUT2D eigenvalue weighted by molar-refractivity contribution is -0.119. The Kier molecular flexibility index (Phi) is 6.01. The third kappa shape index (κ3) is 4.30. The quantitative estimate of drug-likeness (QED) is 0.564. The highest BCUT2D eigenvalue weighted by Gasteiger charge is 2.42. The van der Waals surface area contributed by atoms with Gasteiger partial charge in [0.2, 0.25) is 5.91 Å². The fraction of sp³-hybridized carbons (Fsp3) is 0.261. The minimum atomic E-state index is -0.204. The first-order valence-corrected chi connectivity index (χ1v) is 10.3. The molecule has 0 aliphatic carbocycles. The van der Waals surface area contributed by atoms with Crippen molar-refractivity contribution in [2.75, 3.05) is 23.9 Å². The third-order valence-corrected chi connectivity index (χ3v) is 5.50. The second-order valence-electron chi connectivity index (χ2n) is 7.43. The number of nitrogens with zero attached hydrogens (tertiary/aromatic N) is 2. The Morgan fingerprint density at radius 2 is 2.10 bits per heavy atom. The van der Waals surface area contributed by atoms with Gasteiger partial charge in [0, 0.05) is 24.7 Å². The Balaban J connectivity index is 1.71. The van der Waals surface area contributed by atoms with Crippen LogP contribution in [0, 0.1) is 13.8 Å². The predicted molar refractivity (Wildman–Crippen MR) is 123 cm³/mol. The molecule has 8 heteroatoms. The zero-order valence-corrected chi connectivity index (χ0v) is 18.4. The topological polar surface area (TPSA) is 79.6 Å². The van der Waals surface area contributed by atoms with Crippen LogP contribution < -0.4 is 15.5 Å². The van der Waals surface area contributed by atoms with E-state index >= 15 is 0 Å². The Labute approximate surface area is 186 Å². The third-order valence-electron chi connectivity index (χ3n) is 5.19. The Bertz CT molecular complexity index is 1100. The number of methoxy groups -OCH3 is 1. The molecule has 0 saturated carbocycles. The molecule has 1 aliphatic heterocycles. The summed E-state index contributed by atoms with van der Waals surface area (Å²) >= 11 is 5.72. The van der Waals surface area contributed by atoms with Gasteiger partial charge in [-0.15, -0.1) is 0 Å². The predicted octanol–water partition coefficient (Wildman–Crippen LogP) is 4.05. The van der Waals surface area contributed by atoms with Crippen LogP contribution in [0.4, 0.5) is 11.4 Å². The number of anilines is 2. The molecule has 1 aromatic carbocycles. The molecule has 1 saturated heterocycles. The van der Waals surface area contributed by atoms with Gasteiger partial charge in [-0.2, -0.15) is 0 Å². The number of carbonyl (C=O) groups excluding carboxylic acids is 1. The van der Waals surface area contributed by atoms with Crippen molar-refractivity contribution in [2.24, 2.45) is 0 Å². The minimum Gasteiger partial charge on any atom is -0.464 e. The van der Waals surface area contributed by atoms with Crippen molar-refractivity contribution < 1.29 is 13.9 Å². The highest BCUT2D eigenvalue weighted by Crippen LogP contribution is 2.42. The number of benzene rings is 1. The Morgan fingerprint density at radius 3 is 2.74 bits per heavy atom. The van der Waals surface area contributed by atoms with E-state index in [2.05, 4.69) is 15.6 Å². The molecule has 1 amide bonds. The average molecular weight is 437 g/mol. The number of hydrogen-bond donors (Lipinski definition) is 2. The van der Waals surface area contributed by atoms with E-state index < -0.39 is 0 Å². The van der Waals surface area contributed by atoms with Crippen LogP contribution in [-0.4, -0.2) is 29.7 Å². The van der Waals surface area contributed by atoms with E-state index in [9.17, 15) is 4.79 Å². The van der Waals surface area contributed by atoms with E-state index in [4.69, 9.17) is 21.4 Å². The second kappa shape index (κ2) is 8.87. The van der Waals surface area contributed by atoms with Crippen molar-refractivity contribution >= 4 is 34.6 Å². The SMILES string of the molecule is COCC(=O)Nc1ccc(N2C(=S)N[C@@H](c3ccccn3)[C@@H]2c2ccc(C)o2)cc1C. The smallest absolute Gasteiger partial charge is 0.250 e. The van der Waals surface area contributed by atoms with Gasteiger partial charge < -0.3 is 24.7 Å². The van der Waals surface area contributed by atoms with Gasteiger partial charge in [0.15, 0.2) is 5.11 Å². The summed E-state index contributed by atoms with van der Waals surface area (Å²) < 4.78 is 10.9. The number of amides is 1. The summed E-state index contributed by atoms with van der Waals surface area (Å²) in [6, 6.07) is 15.2. The van der Waals surface area contributed by atoms with Crippen LogP contribution in [0.5, 0.6) is 0 Å². The van der Waals surface area contributed by atoms with Gasteiger partial charge >= 0.3 is 0 Å². The van der Waals surface area contributed by atoms with Crippen molar-refractivity contribution in [3.8, 4) is 0 Å². The fourth-order valence-electron chi connectivity index (χ4n) is 3.79. The first kappa shape index (κ1) is 21.0. The molecule has 2 aromatic heterocycles. The highest BCUT2D eigenvalue weighted by atomic mass is 32.1. The van der Waals surface area contributed by atoms with Gasteiger partial charge in [-0.25, -0.2) is 0 Å². The lowest BCUT2D eigenvalue weighted by atomic mass is 10.0. The molecule has 0 spiro atoms. The van der Waals surface area contributed by atoms with Crippen LogP contribution in [0.2, 0.25) is 0 Å². The molecule has 0 radical (unpaired) electrons. The van der Waals surface area contributed by atoms with Crippen LogP contribution in [0.15, 0.2) is 59.1 Å². The van der Waals surface area contributed by atoms with E-state index in [0.717, 1.165) is 34.2 Å². The monoisotopic (exact) mass is 436 g/mol. The van der Waals surface area contributed by atoms with Crippen molar-refractivity contribution in [1.29, 1.82) is 0 Å². The summed E-state index contributed by atoms with van der Waals surface area (Å²) in [5.41, 5.74) is 3.43. The van der Waals surface area contributed by atoms with E-state index in [0.29, 0.717) is 5.11 Å². The number of pyridine rings is 1. The summed E-state index contributed by atoms with van der Waals surface area (Å²) in [6.07, 6.45) is 1.77. The van der Waals surface area contributed by atoms with Gasteiger partial charge in [0.25, 0.3) is 0 Å². The molecule has 31 heavy (non-hydrogen) atoms. The van der Waals surface area contributed by atoms with Crippen molar-refractivity contribution in [1.82, 2.24) is 10.3 Å². The van der Waals surface area contributed by atoms with Gasteiger partial charge in [0.1, 0.15) is 24.2 Å². The Morgan fingerprint density at radius 1 is 1.26 bits per heavy atom. The van der Waals surface area contributed by atoms with Crippen LogP contribution in [0.25, 0.3) is 0 Å². The first-order chi connectivity index (χ1) is 15.0. The fourth-order valence-corrected chi connectivity index (χ4v) is 4.14. The summed E-state index contributed by atoms with van der Waals surface area (Å²) in [5, 5.41) is 6.86. The van der Waals surface area contributed by atoms with E-state index in [1.54, 1.807) is 6.20 Å². The lowest BCUT2D eigenvalue weighted by Crippen LogP contribution is -2.29. The van der Waals surface area contributed by atoms with Crippen molar-refractivity contribution in [3.63, 3.8) is 0 Å². The molecular formula is C23H24N4O3S. The lowest BCUT2D eigenvalue weighted by Gasteiger charge is -2.26. The van der Waals surface area contributed by atoms with Gasteiger partial charge in [-0.1, -0.05) is 6.07 Å².